The largest absolute Gasteiger partial charge is 0.351 e. The van der Waals surface area contributed by atoms with Gasteiger partial charge in [-0.15, -0.1) is 0 Å². The minimum absolute atomic E-state index is 0.324. The van der Waals surface area contributed by atoms with Crippen LogP contribution in [-0.4, -0.2) is 38.8 Å². The van der Waals surface area contributed by atoms with E-state index in [4.69, 9.17) is 11.5 Å². The van der Waals surface area contributed by atoms with Crippen molar-refractivity contribution in [1.29, 1.82) is 0 Å². The van der Waals surface area contributed by atoms with E-state index < -0.39 is 0 Å². The molecule has 7 nitrogen and oxygen atoms in total. The molecular formula is C27H33N7. The second kappa shape index (κ2) is 10.3. The third kappa shape index (κ3) is 5.11. The van der Waals surface area contributed by atoms with E-state index in [1.807, 2.05) is 6.20 Å². The Bertz CT molecular complexity index is 1210. The highest BCUT2D eigenvalue weighted by molar-refractivity contribution is 5.90. The number of hydrogen-bond donors (Lipinski definition) is 4. The van der Waals surface area contributed by atoms with Crippen molar-refractivity contribution in [2.75, 3.05) is 11.9 Å². The molecule has 1 saturated carbocycles. The Balaban J connectivity index is 1.35. The minimum atomic E-state index is 0.324. The maximum atomic E-state index is 6.03. The maximum absolute atomic E-state index is 6.03. The van der Waals surface area contributed by atoms with Crippen molar-refractivity contribution in [1.82, 2.24) is 20.2 Å². The Hall–Kier alpha value is -3.29. The predicted molar refractivity (Wildman–Crippen MR) is 138 cm³/mol. The fourth-order valence-electron chi connectivity index (χ4n) is 4.99. The molecule has 2 aromatic carbocycles. The lowest BCUT2D eigenvalue weighted by molar-refractivity contribution is 0.410. The van der Waals surface area contributed by atoms with Crippen LogP contribution >= 0.6 is 0 Å². The van der Waals surface area contributed by atoms with Gasteiger partial charge in [-0.1, -0.05) is 48.5 Å². The molecule has 0 spiro atoms. The van der Waals surface area contributed by atoms with E-state index in [-0.39, 0.29) is 0 Å². The summed E-state index contributed by atoms with van der Waals surface area (Å²) in [5.74, 6) is 1.03. The quantitative estimate of drug-likeness (QED) is 0.313. The molecule has 7 heteroatoms. The van der Waals surface area contributed by atoms with Crippen LogP contribution in [0.5, 0.6) is 0 Å². The molecule has 5 rings (SSSR count). The molecule has 6 N–H and O–H groups in total. The molecule has 1 atom stereocenters. The summed E-state index contributed by atoms with van der Waals surface area (Å²) in [6.07, 6.45) is 7.95. The Morgan fingerprint density at radius 3 is 2.65 bits per heavy atom. The second-order valence-corrected chi connectivity index (χ2v) is 9.37. The van der Waals surface area contributed by atoms with Crippen molar-refractivity contribution in [3.8, 4) is 11.3 Å². The second-order valence-electron chi connectivity index (χ2n) is 9.37. The van der Waals surface area contributed by atoms with Crippen molar-refractivity contribution in [3.63, 3.8) is 0 Å². The number of nitrogens with two attached hydrogens (primary N) is 2. The van der Waals surface area contributed by atoms with Gasteiger partial charge in [0.05, 0.1) is 11.1 Å². The molecule has 34 heavy (non-hydrogen) atoms. The molecule has 0 amide bonds. The van der Waals surface area contributed by atoms with Gasteiger partial charge in [0.25, 0.3) is 0 Å². The van der Waals surface area contributed by atoms with Crippen molar-refractivity contribution >= 4 is 17.0 Å². The lowest BCUT2D eigenvalue weighted by Gasteiger charge is -2.26. The average Bonchev–Trinajstić information content (AvgIpc) is 3.29. The maximum Gasteiger partial charge on any atom is 0.224 e. The molecular weight excluding hydrogens is 422 g/mol. The van der Waals surface area contributed by atoms with E-state index in [0.717, 1.165) is 55.2 Å². The molecule has 0 saturated heterocycles. The normalized spacial score (nSPS) is 19.2. The minimum Gasteiger partial charge on any atom is -0.351 e. The van der Waals surface area contributed by atoms with E-state index in [1.165, 1.54) is 11.1 Å². The molecule has 1 aliphatic rings. The molecule has 176 valence electrons. The predicted octanol–water partition coefficient (Wildman–Crippen LogP) is 4.38. The number of aromatic amines is 1. The first-order chi connectivity index (χ1) is 16.7. The standard InChI is InChI=1S/C27H33N7/c28-14-13-20(19-6-2-1-3-7-19)15-18-5-4-8-21(16-18)25-24-17-30-27(32-26(24)34-33-25)31-23-11-9-22(29)10-12-23/h1-8,16-17,20,22-23H,9-15,28-29H2,(H2,30,31,32,33,34). The highest BCUT2D eigenvalue weighted by Gasteiger charge is 2.20. The molecule has 2 aromatic heterocycles. The van der Waals surface area contributed by atoms with Crippen LogP contribution in [0.1, 0.15) is 49.1 Å². The molecule has 0 aliphatic heterocycles. The summed E-state index contributed by atoms with van der Waals surface area (Å²) in [4.78, 5) is 9.25. The SMILES string of the molecule is NCCC(Cc1cccc(-c2[nH]nc3nc(NC4CCC(N)CC4)ncc23)c1)c1ccccc1. The Kier molecular flexibility index (Phi) is 6.83. The van der Waals surface area contributed by atoms with Gasteiger partial charge in [0, 0.05) is 23.8 Å². The fourth-order valence-corrected chi connectivity index (χ4v) is 4.99. The van der Waals surface area contributed by atoms with E-state index in [9.17, 15) is 0 Å². The number of benzene rings is 2. The van der Waals surface area contributed by atoms with Gasteiger partial charge in [0.2, 0.25) is 5.95 Å². The molecule has 1 aliphatic carbocycles. The highest BCUT2D eigenvalue weighted by Crippen LogP contribution is 2.29. The Labute approximate surface area is 200 Å². The molecule has 0 bridgehead atoms. The lowest BCUT2D eigenvalue weighted by Crippen LogP contribution is -2.33. The number of anilines is 1. The topological polar surface area (TPSA) is 119 Å². The first kappa shape index (κ1) is 22.5. The first-order valence-electron chi connectivity index (χ1n) is 12.3. The number of fused-ring (bicyclic) bond motifs is 1. The van der Waals surface area contributed by atoms with E-state index in [2.05, 4.69) is 80.1 Å². The molecule has 4 aromatic rings. The molecule has 1 unspecified atom stereocenters. The van der Waals surface area contributed by atoms with Crippen molar-refractivity contribution in [3.05, 3.63) is 71.9 Å². The Morgan fingerprint density at radius 1 is 1.03 bits per heavy atom. The van der Waals surface area contributed by atoms with Crippen molar-refractivity contribution < 1.29 is 0 Å². The van der Waals surface area contributed by atoms with Gasteiger partial charge < -0.3 is 16.8 Å². The number of nitrogens with zero attached hydrogens (tertiary/aromatic N) is 3. The van der Waals surface area contributed by atoms with Crippen LogP contribution < -0.4 is 16.8 Å². The summed E-state index contributed by atoms with van der Waals surface area (Å²) in [7, 11) is 0. The summed E-state index contributed by atoms with van der Waals surface area (Å²) in [5, 5.41) is 12.0. The van der Waals surface area contributed by atoms with Crippen molar-refractivity contribution in [2.45, 2.75) is 56.5 Å². The van der Waals surface area contributed by atoms with Crippen molar-refractivity contribution in [2.24, 2.45) is 11.5 Å². The first-order valence-corrected chi connectivity index (χ1v) is 12.3. The fraction of sp³-hybridized carbons (Fsp3) is 0.370. The van der Waals surface area contributed by atoms with Crippen LogP contribution in [0, 0.1) is 0 Å². The molecule has 1 fully saturated rings. The summed E-state index contributed by atoms with van der Waals surface area (Å²) in [6, 6.07) is 20.0. The zero-order valence-electron chi connectivity index (χ0n) is 19.5. The lowest BCUT2D eigenvalue weighted by atomic mass is 9.88. The number of aromatic nitrogens is 4. The summed E-state index contributed by atoms with van der Waals surface area (Å²) < 4.78 is 0. The van der Waals surface area contributed by atoms with E-state index in [0.29, 0.717) is 36.1 Å². The van der Waals surface area contributed by atoms with Crippen LogP contribution in [0.4, 0.5) is 5.95 Å². The number of hydrogen-bond acceptors (Lipinski definition) is 6. The average molecular weight is 456 g/mol. The van der Waals surface area contributed by atoms with Gasteiger partial charge >= 0.3 is 0 Å². The van der Waals surface area contributed by atoms with Crippen LogP contribution in [0.15, 0.2) is 60.8 Å². The monoisotopic (exact) mass is 455 g/mol. The van der Waals surface area contributed by atoms with E-state index >= 15 is 0 Å². The van der Waals surface area contributed by atoms with E-state index in [1.54, 1.807) is 0 Å². The zero-order valence-corrected chi connectivity index (χ0v) is 19.5. The zero-order chi connectivity index (χ0) is 23.3. The number of rotatable bonds is 8. The van der Waals surface area contributed by atoms with Gasteiger partial charge in [-0.25, -0.2) is 4.98 Å². The van der Waals surface area contributed by atoms with Crippen LogP contribution in [0.2, 0.25) is 0 Å². The van der Waals surface area contributed by atoms with Crippen LogP contribution in [0.25, 0.3) is 22.3 Å². The molecule has 0 radical (unpaired) electrons. The van der Waals surface area contributed by atoms with Crippen LogP contribution in [0.3, 0.4) is 0 Å². The third-order valence-corrected chi connectivity index (χ3v) is 6.90. The van der Waals surface area contributed by atoms with Gasteiger partial charge in [0.15, 0.2) is 5.65 Å². The third-order valence-electron chi connectivity index (χ3n) is 6.90. The number of H-pyrrole nitrogens is 1. The summed E-state index contributed by atoms with van der Waals surface area (Å²) >= 11 is 0. The Morgan fingerprint density at radius 2 is 1.85 bits per heavy atom. The smallest absolute Gasteiger partial charge is 0.224 e. The number of nitrogens with one attached hydrogen (secondary N) is 2. The summed E-state index contributed by atoms with van der Waals surface area (Å²) in [6.45, 7) is 0.672. The molecule has 2 heterocycles. The van der Waals surface area contributed by atoms with Crippen LogP contribution in [-0.2, 0) is 6.42 Å². The van der Waals surface area contributed by atoms with Gasteiger partial charge in [0.1, 0.15) is 0 Å². The summed E-state index contributed by atoms with van der Waals surface area (Å²) in [5.41, 5.74) is 17.3. The highest BCUT2D eigenvalue weighted by atomic mass is 15.2. The van der Waals surface area contributed by atoms with Gasteiger partial charge in [-0.3, -0.25) is 5.10 Å². The van der Waals surface area contributed by atoms with Gasteiger partial charge in [-0.2, -0.15) is 10.1 Å². The van der Waals surface area contributed by atoms with Gasteiger partial charge in [-0.05, 0) is 68.2 Å².